The van der Waals surface area contributed by atoms with E-state index >= 15 is 0 Å². The van der Waals surface area contributed by atoms with Gasteiger partial charge in [-0.3, -0.25) is 14.9 Å². The highest BCUT2D eigenvalue weighted by Crippen LogP contribution is 2.27. The fraction of sp³-hybridized carbons (Fsp3) is 0.273. The molecule has 0 saturated heterocycles. The van der Waals surface area contributed by atoms with E-state index in [0.717, 1.165) is 16.9 Å². The van der Waals surface area contributed by atoms with Gasteiger partial charge in [0.2, 0.25) is 16.9 Å². The number of ether oxygens (including phenoxy) is 1. The zero-order chi connectivity index (χ0) is 21.5. The number of nitrogens with one attached hydrogen (secondary N) is 2. The van der Waals surface area contributed by atoms with Crippen LogP contribution < -0.4 is 15.4 Å². The third kappa shape index (κ3) is 5.64. The lowest BCUT2D eigenvalue weighted by molar-refractivity contribution is -0.128. The first kappa shape index (κ1) is 21.4. The van der Waals surface area contributed by atoms with Crippen LogP contribution in [-0.2, 0) is 16.0 Å². The van der Waals surface area contributed by atoms with Gasteiger partial charge in [-0.1, -0.05) is 55.5 Å². The molecule has 156 valence electrons. The smallest absolute Gasteiger partial charge is 0.249 e. The van der Waals surface area contributed by atoms with Crippen LogP contribution in [0.2, 0.25) is 0 Å². The van der Waals surface area contributed by atoms with Crippen LogP contribution in [0.1, 0.15) is 19.4 Å². The van der Waals surface area contributed by atoms with E-state index in [2.05, 4.69) is 20.8 Å². The molecule has 1 unspecified atom stereocenters. The molecule has 0 aliphatic rings. The second-order valence-corrected chi connectivity index (χ2v) is 8.01. The number of aromatic nitrogens is 2. The lowest BCUT2D eigenvalue weighted by Crippen LogP contribution is -2.46. The summed E-state index contributed by atoms with van der Waals surface area (Å²) in [5.41, 5.74) is 1.83. The first-order chi connectivity index (χ1) is 14.5. The largest absolute Gasteiger partial charge is 0.497 e. The van der Waals surface area contributed by atoms with E-state index < -0.39 is 6.04 Å². The van der Waals surface area contributed by atoms with Crippen LogP contribution in [0.5, 0.6) is 5.75 Å². The molecule has 2 N–H and O–H groups in total. The molecule has 1 aromatic heterocycles. The third-order valence-corrected chi connectivity index (χ3v) is 5.32. The second kappa shape index (κ2) is 9.98. The van der Waals surface area contributed by atoms with E-state index in [0.29, 0.717) is 16.6 Å². The molecule has 7 nitrogen and oxygen atoms in total. The SMILES string of the molecule is COc1ccc(-c2nnc(NC(=O)C(Cc3ccccc3)NC(=O)C(C)C)s2)cc1. The minimum Gasteiger partial charge on any atom is -0.497 e. The Morgan fingerprint density at radius 1 is 1.00 bits per heavy atom. The zero-order valence-electron chi connectivity index (χ0n) is 17.1. The van der Waals surface area contributed by atoms with E-state index in [4.69, 9.17) is 4.74 Å². The van der Waals surface area contributed by atoms with Crippen molar-refractivity contribution in [3.8, 4) is 16.3 Å². The van der Waals surface area contributed by atoms with Crippen molar-refractivity contribution < 1.29 is 14.3 Å². The van der Waals surface area contributed by atoms with Gasteiger partial charge in [0.15, 0.2) is 0 Å². The Morgan fingerprint density at radius 2 is 1.70 bits per heavy atom. The van der Waals surface area contributed by atoms with Crippen LogP contribution in [-0.4, -0.2) is 35.2 Å². The number of hydrogen-bond donors (Lipinski definition) is 2. The number of methoxy groups -OCH3 is 1. The van der Waals surface area contributed by atoms with Gasteiger partial charge in [0.05, 0.1) is 7.11 Å². The number of anilines is 1. The Bertz CT molecular complexity index is 987. The number of amides is 2. The van der Waals surface area contributed by atoms with Crippen LogP contribution >= 0.6 is 11.3 Å². The molecule has 2 aromatic carbocycles. The number of hydrogen-bond acceptors (Lipinski definition) is 6. The lowest BCUT2D eigenvalue weighted by Gasteiger charge is -2.19. The second-order valence-electron chi connectivity index (χ2n) is 7.04. The van der Waals surface area contributed by atoms with Gasteiger partial charge in [0.1, 0.15) is 16.8 Å². The lowest BCUT2D eigenvalue weighted by atomic mass is 10.0. The molecule has 3 aromatic rings. The van der Waals surface area contributed by atoms with E-state index in [-0.39, 0.29) is 17.7 Å². The molecule has 2 amide bonds. The molecule has 30 heavy (non-hydrogen) atoms. The Balaban J connectivity index is 1.72. The van der Waals surface area contributed by atoms with Gasteiger partial charge in [0.25, 0.3) is 0 Å². The average Bonchev–Trinajstić information content (AvgIpc) is 3.22. The maximum Gasteiger partial charge on any atom is 0.249 e. The zero-order valence-corrected chi connectivity index (χ0v) is 17.9. The standard InChI is InChI=1S/C22H24N4O3S/c1-14(2)19(27)23-18(13-15-7-5-4-6-8-15)20(28)24-22-26-25-21(30-22)16-9-11-17(29-3)12-10-16/h4-12,14,18H,13H2,1-3H3,(H,23,27)(H,24,26,28). The summed E-state index contributed by atoms with van der Waals surface area (Å²) in [4.78, 5) is 25.1. The Hall–Kier alpha value is -3.26. The van der Waals surface area contributed by atoms with Crippen LogP contribution in [0.3, 0.4) is 0 Å². The summed E-state index contributed by atoms with van der Waals surface area (Å²) in [6.45, 7) is 3.58. The molecule has 0 aliphatic carbocycles. The molecule has 8 heteroatoms. The van der Waals surface area contributed by atoms with Crippen molar-refractivity contribution in [2.24, 2.45) is 5.92 Å². The highest BCUT2D eigenvalue weighted by molar-refractivity contribution is 7.18. The van der Waals surface area contributed by atoms with Gasteiger partial charge in [-0.05, 0) is 29.8 Å². The molecule has 0 bridgehead atoms. The number of benzene rings is 2. The molecule has 1 heterocycles. The van der Waals surface area contributed by atoms with E-state index in [1.807, 2.05) is 54.6 Å². The van der Waals surface area contributed by atoms with Gasteiger partial charge < -0.3 is 10.1 Å². The number of nitrogens with zero attached hydrogens (tertiary/aromatic N) is 2. The van der Waals surface area contributed by atoms with Gasteiger partial charge in [-0.15, -0.1) is 10.2 Å². The van der Waals surface area contributed by atoms with E-state index in [1.165, 1.54) is 11.3 Å². The van der Waals surface area contributed by atoms with Crippen molar-refractivity contribution in [3.05, 3.63) is 60.2 Å². The fourth-order valence-corrected chi connectivity index (χ4v) is 3.47. The Morgan fingerprint density at radius 3 is 2.33 bits per heavy atom. The van der Waals surface area contributed by atoms with Crippen molar-refractivity contribution in [2.75, 3.05) is 12.4 Å². The van der Waals surface area contributed by atoms with Gasteiger partial charge in [-0.2, -0.15) is 0 Å². The predicted octanol–water partition coefficient (Wildman–Crippen LogP) is 3.54. The summed E-state index contributed by atoms with van der Waals surface area (Å²) in [6, 6.07) is 16.3. The van der Waals surface area contributed by atoms with Gasteiger partial charge >= 0.3 is 0 Å². The number of rotatable bonds is 8. The van der Waals surface area contributed by atoms with Crippen LogP contribution in [0.4, 0.5) is 5.13 Å². The summed E-state index contributed by atoms with van der Waals surface area (Å²) < 4.78 is 5.16. The number of carbonyl (C=O) groups is 2. The minimum absolute atomic E-state index is 0.178. The monoisotopic (exact) mass is 424 g/mol. The van der Waals surface area contributed by atoms with Crippen molar-refractivity contribution in [3.63, 3.8) is 0 Å². The Labute approximate surface area is 179 Å². The van der Waals surface area contributed by atoms with Crippen molar-refractivity contribution >= 4 is 28.3 Å². The van der Waals surface area contributed by atoms with Gasteiger partial charge in [0, 0.05) is 17.9 Å². The fourth-order valence-electron chi connectivity index (χ4n) is 2.71. The molecule has 1 atom stereocenters. The molecule has 3 rings (SSSR count). The van der Waals surface area contributed by atoms with Crippen LogP contribution in [0, 0.1) is 5.92 Å². The van der Waals surface area contributed by atoms with Crippen molar-refractivity contribution in [1.82, 2.24) is 15.5 Å². The minimum atomic E-state index is -0.712. The highest BCUT2D eigenvalue weighted by Gasteiger charge is 2.23. The normalized spacial score (nSPS) is 11.7. The predicted molar refractivity (Wildman–Crippen MR) is 117 cm³/mol. The van der Waals surface area contributed by atoms with Crippen molar-refractivity contribution in [1.29, 1.82) is 0 Å². The number of carbonyl (C=O) groups excluding carboxylic acids is 2. The molecular formula is C22H24N4O3S. The van der Waals surface area contributed by atoms with Gasteiger partial charge in [-0.25, -0.2) is 0 Å². The first-order valence-electron chi connectivity index (χ1n) is 9.59. The maximum absolute atomic E-state index is 12.9. The molecule has 0 aliphatic heterocycles. The first-order valence-corrected chi connectivity index (χ1v) is 10.4. The summed E-state index contributed by atoms with van der Waals surface area (Å²) in [5.74, 6) is 0.0215. The Kier molecular flexibility index (Phi) is 7.13. The average molecular weight is 425 g/mol. The maximum atomic E-state index is 12.9. The third-order valence-electron chi connectivity index (χ3n) is 4.43. The van der Waals surface area contributed by atoms with Crippen LogP contribution in [0.15, 0.2) is 54.6 Å². The molecule has 0 spiro atoms. The molecule has 0 fully saturated rings. The quantitative estimate of drug-likeness (QED) is 0.577. The molecule has 0 radical (unpaired) electrons. The van der Waals surface area contributed by atoms with E-state index in [9.17, 15) is 9.59 Å². The summed E-state index contributed by atoms with van der Waals surface area (Å²) >= 11 is 1.27. The van der Waals surface area contributed by atoms with E-state index in [1.54, 1.807) is 21.0 Å². The van der Waals surface area contributed by atoms with Crippen molar-refractivity contribution in [2.45, 2.75) is 26.3 Å². The molecular weight excluding hydrogens is 400 g/mol. The molecule has 0 saturated carbocycles. The highest BCUT2D eigenvalue weighted by atomic mass is 32.1. The van der Waals surface area contributed by atoms with Crippen LogP contribution in [0.25, 0.3) is 10.6 Å². The summed E-state index contributed by atoms with van der Waals surface area (Å²) in [6.07, 6.45) is 0.384. The summed E-state index contributed by atoms with van der Waals surface area (Å²) in [5, 5.41) is 14.9. The summed E-state index contributed by atoms with van der Waals surface area (Å²) in [7, 11) is 1.61. The topological polar surface area (TPSA) is 93.2 Å².